The maximum absolute atomic E-state index is 12.8. The number of nitrogen functional groups attached to an aromatic ring is 1. The van der Waals surface area contributed by atoms with E-state index >= 15 is 0 Å². The Bertz CT molecular complexity index is 1160. The number of rotatable bonds is 5. The van der Waals surface area contributed by atoms with E-state index in [9.17, 15) is 4.79 Å². The second kappa shape index (κ2) is 8.08. The van der Waals surface area contributed by atoms with Crippen molar-refractivity contribution in [3.8, 4) is 11.3 Å². The molecule has 0 radical (unpaired) electrons. The summed E-state index contributed by atoms with van der Waals surface area (Å²) in [5.74, 6) is 0.268. The van der Waals surface area contributed by atoms with Crippen LogP contribution in [0.5, 0.6) is 0 Å². The lowest BCUT2D eigenvalue weighted by molar-refractivity contribution is 0.103. The molecular weight excluding hydrogens is 386 g/mol. The Morgan fingerprint density at radius 3 is 2.55 bits per heavy atom. The zero-order chi connectivity index (χ0) is 20.2. The van der Waals surface area contributed by atoms with E-state index in [4.69, 9.17) is 17.3 Å². The van der Waals surface area contributed by atoms with Crippen LogP contribution in [-0.4, -0.2) is 20.7 Å². The number of nitrogens with one attached hydrogen (secondary N) is 1. The number of carbonyl (C=O) groups excluding carboxylic acids is 1. The van der Waals surface area contributed by atoms with E-state index in [-0.39, 0.29) is 5.78 Å². The molecule has 4 aromatic rings. The molecule has 0 saturated carbocycles. The number of hydrogen-bond acceptors (Lipinski definition) is 6. The zero-order valence-corrected chi connectivity index (χ0v) is 16.0. The summed E-state index contributed by atoms with van der Waals surface area (Å²) in [4.78, 5) is 25.6. The predicted molar refractivity (Wildman–Crippen MR) is 114 cm³/mol. The van der Waals surface area contributed by atoms with Gasteiger partial charge in [-0.25, -0.2) is 15.0 Å². The van der Waals surface area contributed by atoms with Crippen LogP contribution in [0.25, 0.3) is 11.3 Å². The molecule has 2 aromatic carbocycles. The number of benzene rings is 2. The molecule has 3 N–H and O–H groups in total. The average molecular weight is 402 g/mol. The molecule has 0 bridgehead atoms. The monoisotopic (exact) mass is 401 g/mol. The Morgan fingerprint density at radius 1 is 0.966 bits per heavy atom. The van der Waals surface area contributed by atoms with Gasteiger partial charge in [-0.3, -0.25) is 4.79 Å². The molecule has 0 aliphatic carbocycles. The van der Waals surface area contributed by atoms with Gasteiger partial charge in [-0.05, 0) is 30.3 Å². The van der Waals surface area contributed by atoms with Gasteiger partial charge < -0.3 is 11.1 Å². The van der Waals surface area contributed by atoms with Crippen molar-refractivity contribution in [2.24, 2.45) is 0 Å². The van der Waals surface area contributed by atoms with Gasteiger partial charge in [0.05, 0.1) is 17.6 Å². The largest absolute Gasteiger partial charge is 0.398 e. The summed E-state index contributed by atoms with van der Waals surface area (Å²) in [5.41, 5.74) is 9.63. The smallest absolute Gasteiger partial charge is 0.227 e. The topological polar surface area (TPSA) is 93.8 Å². The third-order valence-corrected chi connectivity index (χ3v) is 4.49. The zero-order valence-electron chi connectivity index (χ0n) is 15.2. The summed E-state index contributed by atoms with van der Waals surface area (Å²) >= 11 is 5.81. The van der Waals surface area contributed by atoms with E-state index in [1.54, 1.807) is 54.9 Å². The fraction of sp³-hybridized carbons (Fsp3) is 0. The first kappa shape index (κ1) is 18.6. The Labute approximate surface area is 172 Å². The van der Waals surface area contributed by atoms with Crippen LogP contribution in [0, 0.1) is 0 Å². The second-order valence-electron chi connectivity index (χ2n) is 6.26. The van der Waals surface area contributed by atoms with Crippen LogP contribution in [0.2, 0.25) is 5.15 Å². The Hall–Kier alpha value is -3.77. The molecule has 6 nitrogen and oxygen atoms in total. The van der Waals surface area contributed by atoms with Crippen molar-refractivity contribution in [1.29, 1.82) is 0 Å². The molecule has 29 heavy (non-hydrogen) atoms. The quantitative estimate of drug-likeness (QED) is 0.285. The summed E-state index contributed by atoms with van der Waals surface area (Å²) in [6.45, 7) is 0. The third-order valence-electron chi connectivity index (χ3n) is 4.27. The van der Waals surface area contributed by atoms with E-state index in [1.807, 2.05) is 24.3 Å². The Balaban J connectivity index is 1.65. The van der Waals surface area contributed by atoms with Gasteiger partial charge >= 0.3 is 0 Å². The minimum absolute atomic E-state index is 0.135. The highest BCUT2D eigenvalue weighted by molar-refractivity contribution is 6.29. The molecule has 0 fully saturated rings. The molecule has 4 rings (SSSR count). The number of ketones is 1. The first-order valence-corrected chi connectivity index (χ1v) is 9.19. The Morgan fingerprint density at radius 2 is 1.79 bits per heavy atom. The molecule has 0 saturated heterocycles. The van der Waals surface area contributed by atoms with Crippen molar-refractivity contribution in [3.63, 3.8) is 0 Å². The highest BCUT2D eigenvalue weighted by Crippen LogP contribution is 2.25. The molecule has 2 aromatic heterocycles. The molecule has 0 aliphatic rings. The molecule has 0 amide bonds. The summed E-state index contributed by atoms with van der Waals surface area (Å²) < 4.78 is 0. The fourth-order valence-corrected chi connectivity index (χ4v) is 2.93. The maximum Gasteiger partial charge on any atom is 0.227 e. The van der Waals surface area contributed by atoms with Crippen molar-refractivity contribution in [2.45, 2.75) is 0 Å². The minimum atomic E-state index is -0.135. The van der Waals surface area contributed by atoms with Crippen molar-refractivity contribution in [1.82, 2.24) is 15.0 Å². The van der Waals surface area contributed by atoms with Crippen LogP contribution in [0.1, 0.15) is 15.9 Å². The van der Waals surface area contributed by atoms with Crippen LogP contribution in [-0.2, 0) is 0 Å². The van der Waals surface area contributed by atoms with Crippen molar-refractivity contribution in [3.05, 3.63) is 95.4 Å². The Kier molecular flexibility index (Phi) is 5.18. The summed E-state index contributed by atoms with van der Waals surface area (Å²) in [6.07, 6.45) is 3.24. The van der Waals surface area contributed by atoms with E-state index < -0.39 is 0 Å². The minimum Gasteiger partial charge on any atom is -0.398 e. The predicted octanol–water partition coefficient (Wildman–Crippen LogP) is 4.75. The summed E-state index contributed by atoms with van der Waals surface area (Å²) in [5, 5.41) is 3.49. The lowest BCUT2D eigenvalue weighted by Crippen LogP contribution is -2.06. The van der Waals surface area contributed by atoms with Crippen LogP contribution >= 0.6 is 11.6 Å². The van der Waals surface area contributed by atoms with Gasteiger partial charge in [0, 0.05) is 28.6 Å². The molecule has 0 unspecified atom stereocenters. The number of aromatic nitrogens is 3. The van der Waals surface area contributed by atoms with Gasteiger partial charge in [-0.15, -0.1) is 0 Å². The maximum atomic E-state index is 12.8. The molecule has 0 atom stereocenters. The SMILES string of the molecule is Nc1ccc(-c2ccnc(Nc3ccc(Cl)nc3)n2)cc1C(=O)c1ccccc1. The molecule has 0 aliphatic heterocycles. The number of hydrogen-bond donors (Lipinski definition) is 2. The number of halogens is 1. The van der Waals surface area contributed by atoms with Crippen molar-refractivity contribution in [2.75, 3.05) is 11.1 Å². The van der Waals surface area contributed by atoms with Gasteiger partial charge in [0.2, 0.25) is 5.95 Å². The molecular formula is C22H16ClN5O. The standard InChI is InChI=1S/C22H16ClN5O/c23-20-9-7-16(13-26-20)27-22-25-11-10-19(28-22)15-6-8-18(24)17(12-15)21(29)14-4-2-1-3-5-14/h1-13H,24H2,(H,25,27,28). The van der Waals surface area contributed by atoms with Crippen LogP contribution in [0.3, 0.4) is 0 Å². The molecule has 0 spiro atoms. The van der Waals surface area contributed by atoms with Gasteiger partial charge in [-0.2, -0.15) is 0 Å². The van der Waals surface area contributed by atoms with Gasteiger partial charge in [0.25, 0.3) is 0 Å². The van der Waals surface area contributed by atoms with Gasteiger partial charge in [-0.1, -0.05) is 48.0 Å². The number of pyridine rings is 1. The molecule has 2 heterocycles. The van der Waals surface area contributed by atoms with Crippen LogP contribution < -0.4 is 11.1 Å². The van der Waals surface area contributed by atoms with E-state index in [0.717, 1.165) is 5.56 Å². The van der Waals surface area contributed by atoms with Crippen molar-refractivity contribution >= 4 is 34.7 Å². The summed E-state index contributed by atoms with van der Waals surface area (Å²) in [6, 6.07) is 19.6. The van der Waals surface area contributed by atoms with Gasteiger partial charge in [0.1, 0.15) is 5.15 Å². The normalized spacial score (nSPS) is 10.5. The highest BCUT2D eigenvalue weighted by atomic mass is 35.5. The first-order chi connectivity index (χ1) is 14.1. The lowest BCUT2D eigenvalue weighted by Gasteiger charge is -2.09. The first-order valence-electron chi connectivity index (χ1n) is 8.81. The highest BCUT2D eigenvalue weighted by Gasteiger charge is 2.14. The molecule has 7 heteroatoms. The number of carbonyl (C=O) groups is 1. The summed E-state index contributed by atoms with van der Waals surface area (Å²) in [7, 11) is 0. The van der Waals surface area contributed by atoms with E-state index in [2.05, 4.69) is 20.3 Å². The van der Waals surface area contributed by atoms with E-state index in [1.165, 1.54) is 0 Å². The third kappa shape index (κ3) is 4.23. The fourth-order valence-electron chi connectivity index (χ4n) is 2.82. The number of nitrogens with two attached hydrogens (primary N) is 1. The number of anilines is 3. The number of nitrogens with zero attached hydrogens (tertiary/aromatic N) is 3. The average Bonchev–Trinajstić information content (AvgIpc) is 2.76. The van der Waals surface area contributed by atoms with E-state index in [0.29, 0.717) is 39.3 Å². The molecule has 142 valence electrons. The van der Waals surface area contributed by atoms with Gasteiger partial charge in [0.15, 0.2) is 5.78 Å². The lowest BCUT2D eigenvalue weighted by atomic mass is 9.98. The van der Waals surface area contributed by atoms with Crippen LogP contribution in [0.4, 0.5) is 17.3 Å². The second-order valence-corrected chi connectivity index (χ2v) is 6.64. The van der Waals surface area contributed by atoms with Crippen LogP contribution in [0.15, 0.2) is 79.1 Å². The van der Waals surface area contributed by atoms with Crippen molar-refractivity contribution < 1.29 is 4.79 Å².